The Balaban J connectivity index is 1.59. The summed E-state index contributed by atoms with van der Waals surface area (Å²) in [5, 5.41) is 12.8. The molecule has 2 aromatic rings. The van der Waals surface area contributed by atoms with Gasteiger partial charge in [0.25, 0.3) is 0 Å². The Morgan fingerprint density at radius 2 is 2.20 bits per heavy atom. The molecule has 1 atom stereocenters. The first-order valence-corrected chi connectivity index (χ1v) is 7.42. The lowest BCUT2D eigenvalue weighted by molar-refractivity contribution is -0.130. The van der Waals surface area contributed by atoms with Crippen LogP contribution in [0.15, 0.2) is 30.3 Å². The number of nitrogens with zero attached hydrogens (tertiary/aromatic N) is 2. The van der Waals surface area contributed by atoms with Crippen molar-refractivity contribution < 1.29 is 9.53 Å². The van der Waals surface area contributed by atoms with E-state index in [1.165, 1.54) is 11.3 Å². The van der Waals surface area contributed by atoms with Crippen molar-refractivity contribution in [2.45, 2.75) is 25.5 Å². The first-order chi connectivity index (χ1) is 9.83. The summed E-state index contributed by atoms with van der Waals surface area (Å²) < 4.78 is 5.33. The van der Waals surface area contributed by atoms with Gasteiger partial charge in [-0.15, -0.1) is 10.2 Å². The minimum atomic E-state index is -0.295. The van der Waals surface area contributed by atoms with Gasteiger partial charge in [0.15, 0.2) is 0 Å². The number of benzene rings is 1. The maximum Gasteiger partial charge on any atom is 0.249 e. The molecule has 1 aliphatic heterocycles. The van der Waals surface area contributed by atoms with Crippen LogP contribution in [0.4, 0.5) is 0 Å². The van der Waals surface area contributed by atoms with Crippen molar-refractivity contribution in [3.63, 3.8) is 0 Å². The van der Waals surface area contributed by atoms with Crippen LogP contribution >= 0.6 is 11.3 Å². The van der Waals surface area contributed by atoms with E-state index in [-0.39, 0.29) is 12.0 Å². The third-order valence-electron chi connectivity index (χ3n) is 3.12. The van der Waals surface area contributed by atoms with Crippen LogP contribution in [0.25, 0.3) is 10.6 Å². The fraction of sp³-hybridized carbons (Fsp3) is 0.357. The van der Waals surface area contributed by atoms with Crippen molar-refractivity contribution in [3.05, 3.63) is 35.3 Å². The smallest absolute Gasteiger partial charge is 0.249 e. The second kappa shape index (κ2) is 6.11. The lowest BCUT2D eigenvalue weighted by Crippen LogP contribution is -2.33. The molecule has 1 aromatic heterocycles. The van der Waals surface area contributed by atoms with Gasteiger partial charge in [0, 0.05) is 12.2 Å². The van der Waals surface area contributed by atoms with E-state index in [4.69, 9.17) is 4.74 Å². The van der Waals surface area contributed by atoms with E-state index < -0.39 is 0 Å². The SMILES string of the molecule is O=C(NCc1nnc(-c2ccccc2)s1)C1CCCO1. The van der Waals surface area contributed by atoms with Gasteiger partial charge in [0.05, 0.1) is 6.54 Å². The van der Waals surface area contributed by atoms with E-state index in [0.717, 1.165) is 28.4 Å². The maximum absolute atomic E-state index is 11.8. The molecule has 0 aliphatic carbocycles. The Bertz CT molecular complexity index is 579. The number of hydrogen-bond donors (Lipinski definition) is 1. The van der Waals surface area contributed by atoms with Crippen molar-refractivity contribution in [3.8, 4) is 10.6 Å². The Morgan fingerprint density at radius 3 is 2.95 bits per heavy atom. The largest absolute Gasteiger partial charge is 0.368 e. The molecule has 1 saturated heterocycles. The van der Waals surface area contributed by atoms with Gasteiger partial charge in [-0.3, -0.25) is 4.79 Å². The molecule has 0 saturated carbocycles. The molecule has 0 radical (unpaired) electrons. The lowest BCUT2D eigenvalue weighted by Gasteiger charge is -2.08. The van der Waals surface area contributed by atoms with Crippen LogP contribution in [-0.4, -0.2) is 28.8 Å². The van der Waals surface area contributed by atoms with Gasteiger partial charge in [0.2, 0.25) is 5.91 Å². The van der Waals surface area contributed by atoms with E-state index in [9.17, 15) is 4.79 Å². The third-order valence-corrected chi connectivity index (χ3v) is 4.10. The van der Waals surface area contributed by atoms with Crippen molar-refractivity contribution in [2.24, 2.45) is 0 Å². The minimum Gasteiger partial charge on any atom is -0.368 e. The molecule has 1 unspecified atom stereocenters. The predicted octanol–water partition coefficient (Wildman–Crippen LogP) is 2.00. The summed E-state index contributed by atoms with van der Waals surface area (Å²) in [6.07, 6.45) is 1.46. The molecular formula is C14H15N3O2S. The highest BCUT2D eigenvalue weighted by Gasteiger charge is 2.23. The van der Waals surface area contributed by atoms with E-state index in [1.54, 1.807) is 0 Å². The Labute approximate surface area is 121 Å². The van der Waals surface area contributed by atoms with E-state index >= 15 is 0 Å². The normalized spacial score (nSPS) is 18.1. The summed E-state index contributed by atoms with van der Waals surface area (Å²) in [6.45, 7) is 1.08. The number of carbonyl (C=O) groups excluding carboxylic acids is 1. The molecule has 1 aliphatic rings. The zero-order valence-electron chi connectivity index (χ0n) is 10.9. The minimum absolute atomic E-state index is 0.0565. The highest BCUT2D eigenvalue weighted by Crippen LogP contribution is 2.22. The highest BCUT2D eigenvalue weighted by molar-refractivity contribution is 7.14. The number of ether oxygens (including phenoxy) is 1. The highest BCUT2D eigenvalue weighted by atomic mass is 32.1. The van der Waals surface area contributed by atoms with Gasteiger partial charge in [-0.2, -0.15) is 0 Å². The standard InChI is InChI=1S/C14H15N3O2S/c18-13(11-7-4-8-19-11)15-9-12-16-17-14(20-12)10-5-2-1-3-6-10/h1-3,5-6,11H,4,7-9H2,(H,15,18). The quantitative estimate of drug-likeness (QED) is 0.935. The van der Waals surface area contributed by atoms with Crippen LogP contribution in [0.2, 0.25) is 0 Å². The molecule has 1 amide bonds. The Morgan fingerprint density at radius 1 is 1.35 bits per heavy atom. The van der Waals surface area contributed by atoms with Crippen molar-refractivity contribution in [2.75, 3.05) is 6.61 Å². The first kappa shape index (κ1) is 13.2. The molecular weight excluding hydrogens is 274 g/mol. The molecule has 6 heteroatoms. The van der Waals surface area contributed by atoms with Crippen LogP contribution in [0.3, 0.4) is 0 Å². The lowest BCUT2D eigenvalue weighted by atomic mass is 10.2. The number of carbonyl (C=O) groups is 1. The molecule has 1 fully saturated rings. The number of amides is 1. The van der Waals surface area contributed by atoms with E-state index in [0.29, 0.717) is 13.2 Å². The Hall–Kier alpha value is -1.79. The summed E-state index contributed by atoms with van der Waals surface area (Å²) >= 11 is 1.49. The average Bonchev–Trinajstić information content (AvgIpc) is 3.17. The Kier molecular flexibility index (Phi) is 4.03. The fourth-order valence-electron chi connectivity index (χ4n) is 2.08. The molecule has 1 N–H and O–H groups in total. The van der Waals surface area contributed by atoms with E-state index in [2.05, 4.69) is 15.5 Å². The van der Waals surface area contributed by atoms with Crippen LogP contribution in [0.1, 0.15) is 17.8 Å². The van der Waals surface area contributed by atoms with Crippen LogP contribution in [0, 0.1) is 0 Å². The van der Waals surface area contributed by atoms with Crippen LogP contribution in [0.5, 0.6) is 0 Å². The number of hydrogen-bond acceptors (Lipinski definition) is 5. The summed E-state index contributed by atoms with van der Waals surface area (Å²) in [6, 6.07) is 9.89. The zero-order chi connectivity index (χ0) is 13.8. The van der Waals surface area contributed by atoms with Gasteiger partial charge in [0.1, 0.15) is 16.1 Å². The average molecular weight is 289 g/mol. The summed E-state index contributed by atoms with van der Waals surface area (Å²) in [5.74, 6) is -0.0565. The third kappa shape index (κ3) is 3.02. The number of aromatic nitrogens is 2. The predicted molar refractivity (Wildman–Crippen MR) is 76.2 cm³/mol. The van der Waals surface area contributed by atoms with Crippen LogP contribution < -0.4 is 5.32 Å². The number of nitrogens with one attached hydrogen (secondary N) is 1. The molecule has 5 nitrogen and oxygen atoms in total. The monoisotopic (exact) mass is 289 g/mol. The molecule has 2 heterocycles. The van der Waals surface area contributed by atoms with Gasteiger partial charge in [-0.25, -0.2) is 0 Å². The molecule has 20 heavy (non-hydrogen) atoms. The fourth-order valence-corrected chi connectivity index (χ4v) is 2.87. The second-order valence-electron chi connectivity index (χ2n) is 4.59. The zero-order valence-corrected chi connectivity index (χ0v) is 11.7. The molecule has 3 rings (SSSR count). The maximum atomic E-state index is 11.8. The van der Waals surface area contributed by atoms with Crippen molar-refractivity contribution in [1.82, 2.24) is 15.5 Å². The summed E-state index contributed by atoms with van der Waals surface area (Å²) in [4.78, 5) is 11.8. The summed E-state index contributed by atoms with van der Waals surface area (Å²) in [5.41, 5.74) is 1.04. The second-order valence-corrected chi connectivity index (χ2v) is 5.65. The van der Waals surface area contributed by atoms with Gasteiger partial charge in [-0.05, 0) is 12.8 Å². The molecule has 0 bridgehead atoms. The first-order valence-electron chi connectivity index (χ1n) is 6.60. The van der Waals surface area contributed by atoms with Crippen molar-refractivity contribution >= 4 is 17.2 Å². The molecule has 0 spiro atoms. The van der Waals surface area contributed by atoms with Gasteiger partial charge in [-0.1, -0.05) is 41.7 Å². The topological polar surface area (TPSA) is 64.1 Å². The van der Waals surface area contributed by atoms with Crippen molar-refractivity contribution in [1.29, 1.82) is 0 Å². The van der Waals surface area contributed by atoms with Gasteiger partial charge >= 0.3 is 0 Å². The van der Waals surface area contributed by atoms with E-state index in [1.807, 2.05) is 30.3 Å². The molecule has 1 aromatic carbocycles. The summed E-state index contributed by atoms with van der Waals surface area (Å²) in [7, 11) is 0. The van der Waals surface area contributed by atoms with Gasteiger partial charge < -0.3 is 10.1 Å². The number of rotatable bonds is 4. The van der Waals surface area contributed by atoms with Crippen LogP contribution in [-0.2, 0) is 16.1 Å². The molecule has 104 valence electrons.